The van der Waals surface area contributed by atoms with Crippen molar-refractivity contribution >= 4 is 61.4 Å². The monoisotopic (exact) mass is 472 g/mol. The van der Waals surface area contributed by atoms with Gasteiger partial charge < -0.3 is 0 Å². The van der Waals surface area contributed by atoms with Crippen LogP contribution < -0.4 is 19.4 Å². The molecule has 3 aliphatic rings. The summed E-state index contributed by atoms with van der Waals surface area (Å²) >= 11 is 1.88. The molecule has 0 amide bonds. The topological polar surface area (TPSA) is 17.6 Å². The van der Waals surface area contributed by atoms with Gasteiger partial charge in [0.2, 0.25) is 0 Å². The second kappa shape index (κ2) is 5.15. The zero-order valence-corrected chi connectivity index (χ0v) is 19.8. The van der Waals surface area contributed by atoms with E-state index in [-0.39, 0.29) is 0 Å². The van der Waals surface area contributed by atoms with Gasteiger partial charge in [-0.25, -0.2) is 0 Å². The van der Waals surface area contributed by atoms with Crippen molar-refractivity contribution in [2.75, 3.05) is 0 Å². The molecule has 0 saturated heterocycles. The SMILES string of the molecule is c1cc[n+]2c(c1)-n1c3ccccc3c3ccc4c(c31)[PH]21c2c(ccc3scc-4c23)-n2ccc[n+]21. The zero-order valence-electron chi connectivity index (χ0n) is 17.9. The Kier molecular flexibility index (Phi) is 2.54. The van der Waals surface area contributed by atoms with Crippen LogP contribution in [0.4, 0.5) is 0 Å². The number of nitrogens with zero attached hydrogens (tertiary/aromatic N) is 4. The van der Waals surface area contributed by atoms with Gasteiger partial charge in [-0.05, 0) is 0 Å². The van der Waals surface area contributed by atoms with Crippen molar-refractivity contribution in [2.24, 2.45) is 0 Å². The van der Waals surface area contributed by atoms with Crippen molar-refractivity contribution in [1.29, 1.82) is 0 Å². The normalized spacial score (nSPS) is 16.2. The summed E-state index contributed by atoms with van der Waals surface area (Å²) in [5, 5.41) is 9.59. The fourth-order valence-electron chi connectivity index (χ4n) is 7.14. The second-order valence-electron chi connectivity index (χ2n) is 9.50. The Morgan fingerprint density at radius 2 is 1.71 bits per heavy atom. The molecule has 0 radical (unpaired) electrons. The van der Waals surface area contributed by atoms with E-state index in [1.54, 1.807) is 0 Å². The van der Waals surface area contributed by atoms with Gasteiger partial charge >= 0.3 is 199 Å². The maximum atomic E-state index is 2.65. The molecule has 0 atom stereocenters. The third kappa shape index (κ3) is 1.47. The zero-order chi connectivity index (χ0) is 21.8. The molecule has 10 rings (SSSR count). The molecule has 158 valence electrons. The summed E-state index contributed by atoms with van der Waals surface area (Å²) in [5.74, 6) is 1.26. The van der Waals surface area contributed by atoms with Crippen LogP contribution in [0.15, 0.2) is 96.8 Å². The molecule has 4 nitrogen and oxygen atoms in total. The maximum absolute atomic E-state index is 2.65. The molecule has 0 saturated carbocycles. The molecule has 1 spiro atoms. The van der Waals surface area contributed by atoms with Crippen LogP contribution in [0.3, 0.4) is 0 Å². The number of benzene rings is 3. The van der Waals surface area contributed by atoms with Crippen LogP contribution in [0, 0.1) is 0 Å². The summed E-state index contributed by atoms with van der Waals surface area (Å²) in [6.45, 7) is 0. The molecule has 34 heavy (non-hydrogen) atoms. The van der Waals surface area contributed by atoms with Crippen LogP contribution in [0.2, 0.25) is 0 Å². The number of hydrogen-bond donors (Lipinski definition) is 0. The van der Waals surface area contributed by atoms with Crippen molar-refractivity contribution in [3.05, 3.63) is 96.8 Å². The first-order valence-corrected chi connectivity index (χ1v) is 14.4. The molecule has 0 bridgehead atoms. The van der Waals surface area contributed by atoms with Crippen LogP contribution in [-0.4, -0.2) is 9.25 Å². The standard InChI is InChI=1S/C28H17N4PS/c1-2-7-21-17(6-1)18-9-10-19-20-16-34-23-12-11-22-28(25(20)23)33(31-15-5-13-29(22)31)27(19)26(18)32(21)24-8-3-4-14-30(24)33/h1-16,33H/q+2. The molecule has 3 aromatic carbocycles. The van der Waals surface area contributed by atoms with Crippen LogP contribution in [0.1, 0.15) is 0 Å². The first-order valence-electron chi connectivity index (χ1n) is 11.6. The van der Waals surface area contributed by atoms with Crippen molar-refractivity contribution in [2.45, 2.75) is 0 Å². The number of thiophene rings is 1. The van der Waals surface area contributed by atoms with Crippen LogP contribution in [0.25, 0.3) is 54.5 Å². The summed E-state index contributed by atoms with van der Waals surface area (Å²) in [4.78, 5) is 0. The van der Waals surface area contributed by atoms with Gasteiger partial charge in [0, 0.05) is 0 Å². The molecular formula is C28H17N4PS+2. The molecule has 4 aromatic heterocycles. The van der Waals surface area contributed by atoms with E-state index < -0.39 is 7.56 Å². The van der Waals surface area contributed by atoms with Crippen LogP contribution >= 0.6 is 18.9 Å². The van der Waals surface area contributed by atoms with E-state index in [1.807, 2.05) is 11.3 Å². The molecule has 0 unspecified atom stereocenters. The Bertz CT molecular complexity index is 2100. The first kappa shape index (κ1) is 16.8. The molecule has 0 aliphatic carbocycles. The molecule has 6 heteroatoms. The average Bonchev–Trinajstić information content (AvgIpc) is 3.64. The molecule has 0 N–H and O–H groups in total. The van der Waals surface area contributed by atoms with Crippen LogP contribution in [0.5, 0.6) is 0 Å². The molecular weight excluding hydrogens is 455 g/mol. The molecule has 7 aromatic rings. The Morgan fingerprint density at radius 3 is 2.71 bits per heavy atom. The predicted molar refractivity (Wildman–Crippen MR) is 140 cm³/mol. The minimum absolute atomic E-state index is 1.26. The predicted octanol–water partition coefficient (Wildman–Crippen LogP) is 4.60. The van der Waals surface area contributed by atoms with Gasteiger partial charge in [0.05, 0.1) is 0 Å². The summed E-state index contributed by atoms with van der Waals surface area (Å²) in [5.41, 5.74) is 6.81. The van der Waals surface area contributed by atoms with E-state index in [4.69, 9.17) is 0 Å². The fourth-order valence-corrected chi connectivity index (χ4v) is 13.5. The van der Waals surface area contributed by atoms with Gasteiger partial charge in [0.25, 0.3) is 0 Å². The Morgan fingerprint density at radius 1 is 0.765 bits per heavy atom. The number of rotatable bonds is 0. The number of para-hydroxylation sites is 1. The van der Waals surface area contributed by atoms with Gasteiger partial charge in [-0.1, -0.05) is 0 Å². The van der Waals surface area contributed by atoms with E-state index in [2.05, 4.69) is 115 Å². The Balaban J connectivity index is 1.63. The number of hydrogen-bond acceptors (Lipinski definition) is 1. The average molecular weight is 473 g/mol. The Hall–Kier alpha value is -3.79. The first-order chi connectivity index (χ1) is 16.9. The third-order valence-electron chi connectivity index (χ3n) is 8.22. The summed E-state index contributed by atoms with van der Waals surface area (Å²) in [6, 6.07) is 27.2. The minimum atomic E-state index is -2.63. The summed E-state index contributed by atoms with van der Waals surface area (Å²) in [7, 11) is -2.63. The van der Waals surface area contributed by atoms with Gasteiger partial charge in [0.1, 0.15) is 0 Å². The quantitative estimate of drug-likeness (QED) is 0.287. The van der Waals surface area contributed by atoms with Crippen molar-refractivity contribution in [3.63, 3.8) is 0 Å². The van der Waals surface area contributed by atoms with E-state index in [0.29, 0.717) is 0 Å². The number of aromatic nitrogens is 4. The van der Waals surface area contributed by atoms with E-state index in [1.165, 1.54) is 65.1 Å². The van der Waals surface area contributed by atoms with Crippen molar-refractivity contribution < 1.29 is 8.79 Å². The second-order valence-corrected chi connectivity index (χ2v) is 13.7. The number of pyridine rings is 1. The van der Waals surface area contributed by atoms with Crippen molar-refractivity contribution in [1.82, 2.24) is 9.25 Å². The van der Waals surface area contributed by atoms with Crippen LogP contribution in [-0.2, 0) is 0 Å². The van der Waals surface area contributed by atoms with Gasteiger partial charge in [0.15, 0.2) is 0 Å². The Labute approximate surface area is 198 Å². The van der Waals surface area contributed by atoms with E-state index >= 15 is 0 Å². The third-order valence-corrected chi connectivity index (χ3v) is 13.7. The molecule has 0 fully saturated rings. The fraction of sp³-hybridized carbons (Fsp3) is 0. The van der Waals surface area contributed by atoms with Gasteiger partial charge in [-0.15, -0.1) is 0 Å². The summed E-state index contributed by atoms with van der Waals surface area (Å²) in [6.07, 6.45) is 6.87. The van der Waals surface area contributed by atoms with E-state index in [0.717, 1.165) is 0 Å². The van der Waals surface area contributed by atoms with E-state index in [9.17, 15) is 0 Å². The van der Waals surface area contributed by atoms with Gasteiger partial charge in [-0.3, -0.25) is 0 Å². The summed E-state index contributed by atoms with van der Waals surface area (Å²) < 4.78 is 11.5. The van der Waals surface area contributed by atoms with Gasteiger partial charge in [-0.2, -0.15) is 0 Å². The van der Waals surface area contributed by atoms with Crippen molar-refractivity contribution in [3.8, 4) is 22.6 Å². The number of fused-ring (bicyclic) bond motifs is 8. The molecule has 7 heterocycles. The molecule has 3 aliphatic heterocycles.